The molecule has 0 rings (SSSR count). The Labute approximate surface area is 352 Å². The zero-order valence-corrected chi connectivity index (χ0v) is 37.5. The van der Waals surface area contributed by atoms with E-state index in [1.54, 1.807) is 0 Å². The third-order valence-electron chi connectivity index (χ3n) is 10.6. The largest absolute Gasteiger partial charge is 0.462 e. The molecule has 3 atom stereocenters. The van der Waals surface area contributed by atoms with Crippen LogP contribution in [0.1, 0.15) is 226 Å². The van der Waals surface area contributed by atoms with Crippen molar-refractivity contribution in [1.82, 2.24) is 5.32 Å². The third-order valence-corrected chi connectivity index (χ3v) is 10.6. The molecule has 0 saturated carbocycles. The smallest absolute Gasteiger partial charge is 0.306 e. The van der Waals surface area contributed by atoms with Crippen molar-refractivity contribution in [2.45, 2.75) is 244 Å². The van der Waals surface area contributed by atoms with Crippen LogP contribution in [0.15, 0.2) is 60.8 Å². The van der Waals surface area contributed by atoms with E-state index in [1.165, 1.54) is 89.9 Å². The maximum atomic E-state index is 13.1. The highest BCUT2D eigenvalue weighted by atomic mass is 16.5. The Hall–Kier alpha value is -2.44. The van der Waals surface area contributed by atoms with Gasteiger partial charge in [-0.2, -0.15) is 0 Å². The van der Waals surface area contributed by atoms with Gasteiger partial charge >= 0.3 is 5.97 Å². The molecule has 330 valence electrons. The van der Waals surface area contributed by atoms with Crippen LogP contribution in [0.4, 0.5) is 0 Å². The lowest BCUT2D eigenvalue weighted by molar-refractivity contribution is -0.151. The van der Waals surface area contributed by atoms with Gasteiger partial charge in [-0.3, -0.25) is 9.59 Å². The number of rotatable bonds is 42. The second-order valence-electron chi connectivity index (χ2n) is 16.1. The fraction of sp³-hybridized carbons (Fsp3) is 0.765. The minimum atomic E-state index is -0.799. The molecule has 0 aromatic carbocycles. The van der Waals surface area contributed by atoms with Crippen molar-refractivity contribution in [3.8, 4) is 0 Å². The minimum Gasteiger partial charge on any atom is -0.462 e. The predicted octanol–water partition coefficient (Wildman–Crippen LogP) is 14.1. The first-order chi connectivity index (χ1) is 28.0. The first kappa shape index (κ1) is 54.6. The highest BCUT2D eigenvalue weighted by molar-refractivity contribution is 5.77. The van der Waals surface area contributed by atoms with Gasteiger partial charge in [-0.05, 0) is 83.5 Å². The zero-order valence-electron chi connectivity index (χ0n) is 37.5. The second-order valence-corrected chi connectivity index (χ2v) is 16.1. The van der Waals surface area contributed by atoms with E-state index in [9.17, 15) is 19.8 Å². The number of unbranched alkanes of at least 4 members (excludes halogenated alkanes) is 20. The molecule has 6 heteroatoms. The Morgan fingerprint density at radius 2 is 0.965 bits per heavy atom. The van der Waals surface area contributed by atoms with Crippen molar-refractivity contribution in [2.75, 3.05) is 6.61 Å². The van der Waals surface area contributed by atoms with Crippen molar-refractivity contribution in [3.63, 3.8) is 0 Å². The fourth-order valence-corrected chi connectivity index (χ4v) is 6.95. The Kier molecular flexibility index (Phi) is 42.7. The Bertz CT molecular complexity index is 1030. The highest BCUT2D eigenvalue weighted by Crippen LogP contribution is 2.16. The van der Waals surface area contributed by atoms with Crippen LogP contribution in [-0.2, 0) is 14.3 Å². The predicted molar refractivity (Wildman–Crippen MR) is 245 cm³/mol. The first-order valence-corrected chi connectivity index (χ1v) is 24.0. The van der Waals surface area contributed by atoms with Gasteiger partial charge in [0.1, 0.15) is 6.10 Å². The summed E-state index contributed by atoms with van der Waals surface area (Å²) >= 11 is 0. The van der Waals surface area contributed by atoms with E-state index >= 15 is 0 Å². The van der Waals surface area contributed by atoms with Gasteiger partial charge in [-0.1, -0.05) is 191 Å². The number of carbonyl (C=O) groups excluding carboxylic acids is 2. The summed E-state index contributed by atoms with van der Waals surface area (Å²) < 4.78 is 5.88. The van der Waals surface area contributed by atoms with E-state index in [1.807, 2.05) is 0 Å². The number of nitrogens with one attached hydrogen (secondary N) is 1. The van der Waals surface area contributed by atoms with Crippen LogP contribution in [0.3, 0.4) is 0 Å². The molecular weight excluding hydrogens is 707 g/mol. The number of aliphatic hydroxyl groups is 2. The number of hydrogen-bond donors (Lipinski definition) is 3. The molecule has 0 radical (unpaired) electrons. The van der Waals surface area contributed by atoms with Gasteiger partial charge in [0.25, 0.3) is 0 Å². The molecule has 0 aliphatic heterocycles. The fourth-order valence-electron chi connectivity index (χ4n) is 6.95. The van der Waals surface area contributed by atoms with Crippen molar-refractivity contribution < 1.29 is 24.5 Å². The average molecular weight is 798 g/mol. The third kappa shape index (κ3) is 40.1. The van der Waals surface area contributed by atoms with E-state index in [-0.39, 0.29) is 24.9 Å². The molecule has 0 aromatic heterocycles. The molecule has 0 aliphatic carbocycles. The maximum absolute atomic E-state index is 13.1. The molecule has 1 amide bonds. The minimum absolute atomic E-state index is 0.0425. The number of allylic oxidation sites excluding steroid dienone is 10. The summed E-state index contributed by atoms with van der Waals surface area (Å²) in [5.41, 5.74) is 0. The molecule has 3 unspecified atom stereocenters. The number of esters is 1. The summed E-state index contributed by atoms with van der Waals surface area (Å²) in [7, 11) is 0. The number of hydrogen-bond acceptors (Lipinski definition) is 5. The number of aliphatic hydroxyl groups excluding tert-OH is 2. The molecule has 6 nitrogen and oxygen atoms in total. The van der Waals surface area contributed by atoms with Crippen LogP contribution in [0.25, 0.3) is 0 Å². The summed E-state index contributed by atoms with van der Waals surface area (Å²) in [5, 5.41) is 23.6. The van der Waals surface area contributed by atoms with Gasteiger partial charge in [0, 0.05) is 6.42 Å². The molecular formula is C51H91NO5. The molecule has 0 aliphatic rings. The maximum Gasteiger partial charge on any atom is 0.306 e. The molecule has 0 bridgehead atoms. The molecule has 0 spiro atoms. The summed E-state index contributed by atoms with van der Waals surface area (Å²) in [6.45, 7) is 6.32. The van der Waals surface area contributed by atoms with Gasteiger partial charge in [0.05, 0.1) is 25.2 Å². The van der Waals surface area contributed by atoms with Gasteiger partial charge in [0.2, 0.25) is 5.91 Å². The standard InChI is InChI=1S/C51H91NO5/c1-4-7-10-13-16-19-22-24-25-26-27-29-32-35-38-41-44-51(56)57-47(42-39-36-33-30-28-23-20-17-14-11-8-5-2)45-50(55)52-48(46-53)49(54)43-40-37-34-31-21-18-15-12-9-6-3/h7,10,16,19,24-25,27,29-30,33,47-49,53-54H,4-6,8-9,11-15,17-18,20-23,26,28,31-32,34-46H2,1-3H3,(H,52,55)/b10-7+,19-16+,25-24+,29-27+,33-30-. The molecule has 57 heavy (non-hydrogen) atoms. The van der Waals surface area contributed by atoms with Crippen LogP contribution in [0, 0.1) is 0 Å². The monoisotopic (exact) mass is 798 g/mol. The molecule has 3 N–H and O–H groups in total. The topological polar surface area (TPSA) is 95.9 Å². The van der Waals surface area contributed by atoms with E-state index < -0.39 is 18.2 Å². The van der Waals surface area contributed by atoms with E-state index in [0.717, 1.165) is 89.9 Å². The van der Waals surface area contributed by atoms with Crippen LogP contribution in [0.5, 0.6) is 0 Å². The summed E-state index contributed by atoms with van der Waals surface area (Å²) in [6, 6.07) is -0.716. The zero-order chi connectivity index (χ0) is 41.7. The Balaban J connectivity index is 4.67. The molecule has 0 saturated heterocycles. The first-order valence-electron chi connectivity index (χ1n) is 24.0. The van der Waals surface area contributed by atoms with Crippen LogP contribution in [0.2, 0.25) is 0 Å². The average Bonchev–Trinajstić information content (AvgIpc) is 3.20. The van der Waals surface area contributed by atoms with E-state index in [4.69, 9.17) is 4.74 Å². The highest BCUT2D eigenvalue weighted by Gasteiger charge is 2.24. The SMILES string of the molecule is CC/C=C/C/C=C/C/C=C/C/C=C/CCCCCC(=O)OC(CCC/C=C\CCCCCCCCC)CC(=O)NC(CO)C(O)CCCCCCCCCCCC. The van der Waals surface area contributed by atoms with Gasteiger partial charge in [0.15, 0.2) is 0 Å². The van der Waals surface area contributed by atoms with Crippen LogP contribution in [-0.4, -0.2) is 46.9 Å². The van der Waals surface area contributed by atoms with Crippen molar-refractivity contribution >= 4 is 11.9 Å². The Morgan fingerprint density at radius 3 is 1.49 bits per heavy atom. The summed E-state index contributed by atoms with van der Waals surface area (Å²) in [4.78, 5) is 26.0. The molecule has 0 fully saturated rings. The molecule has 0 aromatic rings. The van der Waals surface area contributed by atoms with Crippen LogP contribution < -0.4 is 5.32 Å². The molecule has 0 heterocycles. The summed E-state index contributed by atoms with van der Waals surface area (Å²) in [5.74, 6) is -0.542. The number of ether oxygens (including phenoxy) is 1. The van der Waals surface area contributed by atoms with Crippen LogP contribution >= 0.6 is 0 Å². The lowest BCUT2D eigenvalue weighted by Crippen LogP contribution is -2.46. The van der Waals surface area contributed by atoms with Crippen molar-refractivity contribution in [3.05, 3.63) is 60.8 Å². The number of carbonyl (C=O) groups is 2. The van der Waals surface area contributed by atoms with Gasteiger partial charge in [-0.25, -0.2) is 0 Å². The van der Waals surface area contributed by atoms with Gasteiger partial charge < -0.3 is 20.3 Å². The van der Waals surface area contributed by atoms with E-state index in [0.29, 0.717) is 19.3 Å². The lowest BCUT2D eigenvalue weighted by atomic mass is 10.0. The number of amides is 1. The quantitative estimate of drug-likeness (QED) is 0.0325. The summed E-state index contributed by atoms with van der Waals surface area (Å²) in [6.07, 6.45) is 54.2. The normalized spacial score (nSPS) is 13.8. The van der Waals surface area contributed by atoms with Crippen molar-refractivity contribution in [1.29, 1.82) is 0 Å². The Morgan fingerprint density at radius 1 is 0.526 bits per heavy atom. The van der Waals surface area contributed by atoms with E-state index in [2.05, 4.69) is 86.8 Å². The van der Waals surface area contributed by atoms with Gasteiger partial charge in [-0.15, -0.1) is 0 Å². The second kappa shape index (κ2) is 44.7. The van der Waals surface area contributed by atoms with Crippen molar-refractivity contribution in [2.24, 2.45) is 0 Å². The lowest BCUT2D eigenvalue weighted by Gasteiger charge is -2.24.